The van der Waals surface area contributed by atoms with E-state index in [0.717, 1.165) is 49.0 Å². The van der Waals surface area contributed by atoms with Gasteiger partial charge in [0.25, 0.3) is 0 Å². The first-order valence-corrected chi connectivity index (χ1v) is 13.8. The van der Waals surface area contributed by atoms with Crippen LogP contribution in [-0.2, 0) is 4.79 Å². The summed E-state index contributed by atoms with van der Waals surface area (Å²) >= 11 is 0. The van der Waals surface area contributed by atoms with Crippen LogP contribution in [-0.4, -0.2) is 12.1 Å². The largest absolute Gasteiger partial charge is 0.458 e. The van der Waals surface area contributed by atoms with Crippen LogP contribution in [0.25, 0.3) is 10.8 Å². The van der Waals surface area contributed by atoms with E-state index in [2.05, 4.69) is 6.92 Å². The van der Waals surface area contributed by atoms with Crippen LogP contribution in [0.2, 0.25) is 0 Å². The van der Waals surface area contributed by atoms with Gasteiger partial charge in [0.2, 0.25) is 0 Å². The van der Waals surface area contributed by atoms with Crippen molar-refractivity contribution in [3.63, 3.8) is 0 Å². The zero-order valence-corrected chi connectivity index (χ0v) is 21.6. The van der Waals surface area contributed by atoms with Gasteiger partial charge in [-0.25, -0.2) is 8.78 Å². The van der Waals surface area contributed by atoms with Gasteiger partial charge >= 0.3 is 12.1 Å². The lowest BCUT2D eigenvalue weighted by molar-refractivity contribution is -0.141. The Morgan fingerprint density at radius 2 is 1.50 bits per heavy atom. The third-order valence-corrected chi connectivity index (χ3v) is 9.26. The van der Waals surface area contributed by atoms with Crippen molar-refractivity contribution < 1.29 is 31.5 Å². The van der Waals surface area contributed by atoms with Crippen molar-refractivity contribution in [3.8, 4) is 17.6 Å². The van der Waals surface area contributed by atoms with Gasteiger partial charge in [-0.15, -0.1) is 0 Å². The first-order valence-electron chi connectivity index (χ1n) is 13.8. The average molecular weight is 533 g/mol. The predicted octanol–water partition coefficient (Wildman–Crippen LogP) is 8.60. The Kier molecular flexibility index (Phi) is 7.71. The first kappa shape index (κ1) is 27.0. The molecule has 2 aromatic rings. The van der Waals surface area contributed by atoms with Crippen molar-refractivity contribution in [2.75, 3.05) is 0 Å². The second-order valence-corrected chi connectivity index (χ2v) is 11.7. The molecule has 0 amide bonds. The van der Waals surface area contributed by atoms with E-state index < -0.39 is 23.4 Å². The van der Waals surface area contributed by atoms with Gasteiger partial charge in [0.05, 0.1) is 11.5 Å². The smallest absolute Gasteiger partial charge is 0.426 e. The van der Waals surface area contributed by atoms with Crippen LogP contribution in [0, 0.1) is 59.0 Å². The fourth-order valence-corrected chi connectivity index (χ4v) is 7.14. The van der Waals surface area contributed by atoms with Crippen LogP contribution >= 0.6 is 0 Å². The molecule has 2 nitrogen and oxygen atoms in total. The quantitative estimate of drug-likeness (QED) is 0.171. The van der Waals surface area contributed by atoms with Crippen LogP contribution in [0.4, 0.5) is 22.0 Å². The van der Waals surface area contributed by atoms with Crippen molar-refractivity contribution in [1.29, 1.82) is 0 Å². The van der Waals surface area contributed by atoms with Crippen molar-refractivity contribution >= 4 is 16.7 Å². The number of hydrogen-bond donors (Lipinski definition) is 0. The minimum absolute atomic E-state index is 0.0852. The van der Waals surface area contributed by atoms with Gasteiger partial charge in [0.1, 0.15) is 17.4 Å². The summed E-state index contributed by atoms with van der Waals surface area (Å²) in [7, 11) is 0. The Hall–Kier alpha value is -2.62. The number of benzene rings is 2. The Balaban J connectivity index is 1.21. The molecular formula is C31H33F5O2. The number of rotatable bonds is 3. The summed E-state index contributed by atoms with van der Waals surface area (Å²) in [4.78, 5) is 13.0. The molecule has 7 heteroatoms. The molecule has 38 heavy (non-hydrogen) atoms. The number of fused-ring (bicyclic) bond motifs is 2. The average Bonchev–Trinajstić information content (AvgIpc) is 2.87. The molecule has 3 fully saturated rings. The highest BCUT2D eigenvalue weighted by Gasteiger charge is 2.40. The van der Waals surface area contributed by atoms with Crippen molar-refractivity contribution in [1.82, 2.24) is 0 Å². The molecule has 3 saturated carbocycles. The number of carbonyl (C=O) groups is 1. The Morgan fingerprint density at radius 1 is 0.868 bits per heavy atom. The summed E-state index contributed by atoms with van der Waals surface area (Å²) in [5, 5.41) is -0.00985. The van der Waals surface area contributed by atoms with Gasteiger partial charge in [0.15, 0.2) is 0 Å². The van der Waals surface area contributed by atoms with Crippen LogP contribution in [0.3, 0.4) is 0 Å². The Bertz CT molecular complexity index is 1250. The molecule has 3 aliphatic carbocycles. The summed E-state index contributed by atoms with van der Waals surface area (Å²) in [5.74, 6) is 3.45. The van der Waals surface area contributed by atoms with Crippen LogP contribution in [0.5, 0.6) is 5.75 Å². The number of carbonyl (C=O) groups excluding carboxylic acids is 1. The van der Waals surface area contributed by atoms with Crippen LogP contribution in [0.1, 0.15) is 76.7 Å². The summed E-state index contributed by atoms with van der Waals surface area (Å²) in [6.07, 6.45) is 6.89. The Morgan fingerprint density at radius 3 is 2.21 bits per heavy atom. The maximum Gasteiger partial charge on any atom is 0.458 e. The second kappa shape index (κ2) is 10.9. The van der Waals surface area contributed by atoms with Crippen molar-refractivity contribution in [2.24, 2.45) is 35.5 Å². The molecule has 0 aromatic heterocycles. The maximum atomic E-state index is 14.7. The lowest BCUT2D eigenvalue weighted by Gasteiger charge is -2.44. The van der Waals surface area contributed by atoms with E-state index in [4.69, 9.17) is 4.74 Å². The first-order chi connectivity index (χ1) is 18.1. The van der Waals surface area contributed by atoms with E-state index >= 15 is 0 Å². The molecule has 204 valence electrons. The van der Waals surface area contributed by atoms with Crippen LogP contribution in [0.15, 0.2) is 24.3 Å². The Labute approximate surface area is 220 Å². The standard InChI is InChI=1S/C31H33F5O2/c1-18-2-4-19(5-3-18)20-6-7-22-15-23(9-8-21(22)14-20)30(37)38-25-10-11-26-24(16-25)17-28(32)27(29(26)33)12-13-31(34,35)36/h10-11,16-23H,2-9,14-15H2,1H3. The fourth-order valence-electron chi connectivity index (χ4n) is 7.14. The number of esters is 1. The van der Waals surface area contributed by atoms with Gasteiger partial charge in [0, 0.05) is 11.3 Å². The third kappa shape index (κ3) is 6.00. The third-order valence-electron chi connectivity index (χ3n) is 9.26. The summed E-state index contributed by atoms with van der Waals surface area (Å²) in [6, 6.07) is 4.90. The van der Waals surface area contributed by atoms with Gasteiger partial charge < -0.3 is 4.74 Å². The normalized spacial score (nSPS) is 29.7. The van der Waals surface area contributed by atoms with Gasteiger partial charge in [-0.2, -0.15) is 13.2 Å². The molecule has 0 radical (unpaired) electrons. The van der Waals surface area contributed by atoms with Gasteiger partial charge in [-0.1, -0.05) is 25.7 Å². The van der Waals surface area contributed by atoms with E-state index in [9.17, 15) is 26.7 Å². The summed E-state index contributed by atoms with van der Waals surface area (Å²) in [6.45, 7) is 2.36. The molecule has 0 heterocycles. The van der Waals surface area contributed by atoms with Crippen LogP contribution < -0.4 is 4.74 Å². The van der Waals surface area contributed by atoms with Crippen molar-refractivity contribution in [3.05, 3.63) is 41.5 Å². The van der Waals surface area contributed by atoms with E-state index in [-0.39, 0.29) is 28.4 Å². The minimum atomic E-state index is -4.86. The molecule has 5 rings (SSSR count). The molecule has 0 spiro atoms. The van der Waals surface area contributed by atoms with E-state index in [1.54, 1.807) is 0 Å². The number of ether oxygens (including phenoxy) is 1. The topological polar surface area (TPSA) is 26.3 Å². The molecule has 0 N–H and O–H groups in total. The highest BCUT2D eigenvalue weighted by atomic mass is 19.4. The zero-order chi connectivity index (χ0) is 27.0. The number of alkyl halides is 3. The molecule has 0 aliphatic heterocycles. The number of halogens is 5. The zero-order valence-electron chi connectivity index (χ0n) is 21.6. The molecule has 0 saturated heterocycles. The maximum absolute atomic E-state index is 14.7. The molecule has 0 bridgehead atoms. The second-order valence-electron chi connectivity index (χ2n) is 11.7. The number of hydrogen-bond acceptors (Lipinski definition) is 2. The molecular weight excluding hydrogens is 499 g/mol. The van der Waals surface area contributed by atoms with E-state index in [1.807, 2.05) is 0 Å². The van der Waals surface area contributed by atoms with Gasteiger partial charge in [-0.3, -0.25) is 4.79 Å². The summed E-state index contributed by atoms with van der Waals surface area (Å²) < 4.78 is 71.8. The lowest BCUT2D eigenvalue weighted by atomic mass is 9.61. The lowest BCUT2D eigenvalue weighted by Crippen LogP contribution is -2.37. The van der Waals surface area contributed by atoms with Gasteiger partial charge in [-0.05, 0) is 111 Å². The minimum Gasteiger partial charge on any atom is -0.426 e. The van der Waals surface area contributed by atoms with Crippen molar-refractivity contribution in [2.45, 2.75) is 77.3 Å². The fraction of sp³-hybridized carbons (Fsp3) is 0.581. The van der Waals surface area contributed by atoms with E-state index in [1.165, 1.54) is 69.1 Å². The predicted molar refractivity (Wildman–Crippen MR) is 135 cm³/mol. The molecule has 4 unspecified atom stereocenters. The highest BCUT2D eigenvalue weighted by molar-refractivity contribution is 5.87. The molecule has 2 aromatic carbocycles. The summed E-state index contributed by atoms with van der Waals surface area (Å²) in [5.41, 5.74) is -0.941. The SMILES string of the molecule is CC1CCC(C2CCC3CC(C(=O)Oc4ccc5c(F)c(C#CC(F)(F)F)c(F)cc5c4)CCC3C2)CC1. The monoisotopic (exact) mass is 532 g/mol. The molecule has 4 atom stereocenters. The highest BCUT2D eigenvalue weighted by Crippen LogP contribution is 2.49. The van der Waals surface area contributed by atoms with E-state index in [0.29, 0.717) is 11.8 Å². The molecule has 3 aliphatic rings.